The summed E-state index contributed by atoms with van der Waals surface area (Å²) in [7, 11) is 0. The average Bonchev–Trinajstić information content (AvgIpc) is 2.63. The number of amides is 1. The first-order chi connectivity index (χ1) is 8.85. The maximum atomic E-state index is 12.3. The van der Waals surface area contributed by atoms with E-state index in [0.717, 1.165) is 10.5 Å². The van der Waals surface area contributed by atoms with Crippen LogP contribution in [0.1, 0.15) is 12.0 Å². The lowest BCUT2D eigenvalue weighted by Crippen LogP contribution is -2.36. The molecule has 0 aliphatic carbocycles. The Morgan fingerprint density at radius 2 is 2.21 bits per heavy atom. The van der Waals surface area contributed by atoms with Gasteiger partial charge < -0.3 is 4.90 Å². The van der Waals surface area contributed by atoms with Gasteiger partial charge in [0.05, 0.1) is 10.3 Å². The van der Waals surface area contributed by atoms with Gasteiger partial charge in [0.15, 0.2) is 0 Å². The maximum Gasteiger partial charge on any atom is 0.406 e. The molecule has 1 aromatic rings. The van der Waals surface area contributed by atoms with Crippen LogP contribution in [0.3, 0.4) is 0 Å². The average molecular weight is 290 g/mol. The van der Waals surface area contributed by atoms with Crippen LogP contribution in [0.5, 0.6) is 0 Å². The highest BCUT2D eigenvalue weighted by Crippen LogP contribution is 2.31. The van der Waals surface area contributed by atoms with Gasteiger partial charge in [-0.25, -0.2) is 4.98 Å². The van der Waals surface area contributed by atoms with E-state index in [1.54, 1.807) is 12.3 Å². The number of halogens is 3. The third kappa shape index (κ3) is 3.86. The molecule has 0 saturated carbocycles. The lowest BCUT2D eigenvalue weighted by atomic mass is 10.3. The predicted octanol–water partition coefficient (Wildman–Crippen LogP) is 2.65. The molecule has 1 atom stereocenters. The van der Waals surface area contributed by atoms with Crippen LogP contribution in [0, 0.1) is 6.92 Å². The van der Waals surface area contributed by atoms with Crippen LogP contribution < -0.4 is 0 Å². The Morgan fingerprint density at radius 3 is 2.79 bits per heavy atom. The highest BCUT2D eigenvalue weighted by molar-refractivity contribution is 8.00. The molecule has 0 radical (unpaired) electrons. The van der Waals surface area contributed by atoms with Crippen molar-refractivity contribution >= 4 is 17.7 Å². The zero-order valence-electron chi connectivity index (χ0n) is 10.3. The SMILES string of the molecule is Cc1ccc(S[C@@H]2CCN(CC(F)(F)F)C2=O)nc1. The molecule has 1 amide bonds. The van der Waals surface area contributed by atoms with Crippen LogP contribution >= 0.6 is 11.8 Å². The van der Waals surface area contributed by atoms with Crippen molar-refractivity contribution in [2.45, 2.75) is 29.8 Å². The van der Waals surface area contributed by atoms with Crippen molar-refractivity contribution in [3.63, 3.8) is 0 Å². The van der Waals surface area contributed by atoms with Crippen LogP contribution in [-0.2, 0) is 4.79 Å². The van der Waals surface area contributed by atoms with E-state index in [-0.39, 0.29) is 6.54 Å². The largest absolute Gasteiger partial charge is 0.406 e. The minimum Gasteiger partial charge on any atom is -0.333 e. The highest BCUT2D eigenvalue weighted by Gasteiger charge is 2.39. The molecule has 2 heterocycles. The van der Waals surface area contributed by atoms with Crippen molar-refractivity contribution < 1.29 is 18.0 Å². The van der Waals surface area contributed by atoms with Crippen molar-refractivity contribution in [1.82, 2.24) is 9.88 Å². The molecule has 0 aromatic carbocycles. The van der Waals surface area contributed by atoms with E-state index in [1.165, 1.54) is 11.8 Å². The highest BCUT2D eigenvalue weighted by atomic mass is 32.2. The Balaban J connectivity index is 1.96. The van der Waals surface area contributed by atoms with Crippen LogP contribution in [0.4, 0.5) is 13.2 Å². The van der Waals surface area contributed by atoms with Crippen LogP contribution in [0.15, 0.2) is 23.4 Å². The summed E-state index contributed by atoms with van der Waals surface area (Å²) in [5.74, 6) is -0.454. The van der Waals surface area contributed by atoms with Crippen LogP contribution in [0.25, 0.3) is 0 Å². The molecular weight excluding hydrogens is 277 g/mol. The molecule has 0 bridgehead atoms. The molecule has 19 heavy (non-hydrogen) atoms. The van der Waals surface area contributed by atoms with Crippen molar-refractivity contribution in [3.05, 3.63) is 23.9 Å². The number of pyridine rings is 1. The Morgan fingerprint density at radius 1 is 1.47 bits per heavy atom. The summed E-state index contributed by atoms with van der Waals surface area (Å²) < 4.78 is 36.8. The van der Waals surface area contributed by atoms with E-state index in [0.29, 0.717) is 11.4 Å². The third-order valence-electron chi connectivity index (χ3n) is 2.77. The lowest BCUT2D eigenvalue weighted by molar-refractivity contribution is -0.157. The zero-order chi connectivity index (χ0) is 14.0. The first kappa shape index (κ1) is 14.2. The van der Waals surface area contributed by atoms with E-state index in [2.05, 4.69) is 4.98 Å². The number of alkyl halides is 3. The number of rotatable bonds is 3. The van der Waals surface area contributed by atoms with Gasteiger partial charge in [0.2, 0.25) is 5.91 Å². The molecule has 0 spiro atoms. The van der Waals surface area contributed by atoms with Crippen molar-refractivity contribution in [1.29, 1.82) is 0 Å². The number of carbonyl (C=O) groups excluding carboxylic acids is 1. The van der Waals surface area contributed by atoms with Gasteiger partial charge in [0, 0.05) is 12.7 Å². The molecule has 0 unspecified atom stereocenters. The van der Waals surface area contributed by atoms with Gasteiger partial charge in [-0.3, -0.25) is 4.79 Å². The van der Waals surface area contributed by atoms with E-state index in [4.69, 9.17) is 0 Å². The molecule has 1 aromatic heterocycles. The summed E-state index contributed by atoms with van der Waals surface area (Å²) in [5.41, 5.74) is 1.00. The van der Waals surface area contributed by atoms with E-state index in [1.807, 2.05) is 13.0 Å². The van der Waals surface area contributed by atoms with E-state index in [9.17, 15) is 18.0 Å². The minimum atomic E-state index is -4.34. The third-order valence-corrected chi connectivity index (χ3v) is 3.97. The fraction of sp³-hybridized carbons (Fsp3) is 0.500. The molecule has 1 aliphatic rings. The number of nitrogens with zero attached hydrogens (tertiary/aromatic N) is 2. The monoisotopic (exact) mass is 290 g/mol. The van der Waals surface area contributed by atoms with E-state index >= 15 is 0 Å². The van der Waals surface area contributed by atoms with Crippen molar-refractivity contribution in [2.24, 2.45) is 0 Å². The van der Waals surface area contributed by atoms with Crippen LogP contribution in [-0.4, -0.2) is 40.3 Å². The fourth-order valence-corrected chi connectivity index (χ4v) is 2.89. The standard InChI is InChI=1S/C12H13F3N2OS/c1-8-2-3-10(16-6-8)19-9-4-5-17(11(9)18)7-12(13,14)15/h2-3,6,9H,4-5,7H2,1H3/t9-/m1/s1. The number of thioether (sulfide) groups is 1. The normalized spacial score (nSPS) is 20.1. The molecule has 0 N–H and O–H groups in total. The molecule has 1 fully saturated rings. The molecule has 3 nitrogen and oxygen atoms in total. The van der Waals surface area contributed by atoms with Crippen molar-refractivity contribution in [2.75, 3.05) is 13.1 Å². The number of carbonyl (C=O) groups is 1. The summed E-state index contributed by atoms with van der Waals surface area (Å²) in [6.45, 7) is 0.888. The van der Waals surface area contributed by atoms with Gasteiger partial charge in [-0.05, 0) is 25.0 Å². The molecular formula is C12H13F3N2OS. The summed E-state index contributed by atoms with van der Waals surface area (Å²) >= 11 is 1.23. The number of aromatic nitrogens is 1. The topological polar surface area (TPSA) is 33.2 Å². The van der Waals surface area contributed by atoms with Crippen molar-refractivity contribution in [3.8, 4) is 0 Å². The van der Waals surface area contributed by atoms with E-state index < -0.39 is 23.9 Å². The Bertz CT molecular complexity index is 461. The fourth-order valence-electron chi connectivity index (χ4n) is 1.86. The first-order valence-electron chi connectivity index (χ1n) is 5.80. The number of likely N-dealkylation sites (tertiary alicyclic amines) is 1. The Kier molecular flexibility index (Phi) is 4.03. The summed E-state index contributed by atoms with van der Waals surface area (Å²) in [4.78, 5) is 16.8. The molecule has 7 heteroatoms. The Labute approximate surface area is 113 Å². The molecule has 1 saturated heterocycles. The smallest absolute Gasteiger partial charge is 0.333 e. The second-order valence-electron chi connectivity index (χ2n) is 4.44. The Hall–Kier alpha value is -1.24. The van der Waals surface area contributed by atoms with Gasteiger partial charge in [0.25, 0.3) is 0 Å². The quantitative estimate of drug-likeness (QED) is 0.858. The zero-order valence-corrected chi connectivity index (χ0v) is 11.1. The second kappa shape index (κ2) is 5.40. The van der Waals surface area contributed by atoms with Gasteiger partial charge in [-0.1, -0.05) is 17.8 Å². The molecule has 1 aliphatic heterocycles. The second-order valence-corrected chi connectivity index (χ2v) is 5.67. The van der Waals surface area contributed by atoms with Gasteiger partial charge >= 0.3 is 6.18 Å². The summed E-state index contributed by atoms with van der Waals surface area (Å²) in [6.07, 6.45) is -2.23. The number of hydrogen-bond donors (Lipinski definition) is 0. The maximum absolute atomic E-state index is 12.3. The molecule has 2 rings (SSSR count). The summed E-state index contributed by atoms with van der Waals surface area (Å²) in [6, 6.07) is 3.64. The predicted molar refractivity (Wildman–Crippen MR) is 65.9 cm³/mol. The molecule has 104 valence electrons. The van der Waals surface area contributed by atoms with Gasteiger partial charge in [-0.15, -0.1) is 0 Å². The summed E-state index contributed by atoms with van der Waals surface area (Å²) in [5, 5.41) is 0.204. The van der Waals surface area contributed by atoms with Gasteiger partial charge in [-0.2, -0.15) is 13.2 Å². The van der Waals surface area contributed by atoms with Crippen LogP contribution in [0.2, 0.25) is 0 Å². The lowest BCUT2D eigenvalue weighted by Gasteiger charge is -2.18. The van der Waals surface area contributed by atoms with Gasteiger partial charge in [0.1, 0.15) is 6.54 Å². The number of hydrogen-bond acceptors (Lipinski definition) is 3. The first-order valence-corrected chi connectivity index (χ1v) is 6.68. The minimum absolute atomic E-state index is 0.155. The number of aryl methyl sites for hydroxylation is 1.